The molecule has 0 aromatic carbocycles. The molecule has 2 rings (SSSR count). The maximum Gasteiger partial charge on any atom is 0.0427 e. The van der Waals surface area contributed by atoms with Gasteiger partial charge in [-0.1, -0.05) is 25.0 Å². The molecule has 1 aromatic heterocycles. The third-order valence-corrected chi connectivity index (χ3v) is 2.94. The molecule has 1 heterocycles. The predicted octanol–water partition coefficient (Wildman–Crippen LogP) is 3.57. The maximum atomic E-state index is 3.51. The number of rotatable bonds is 2. The fraction of sp³-hybridized carbons (Fsp3) is 0.333. The molecule has 0 spiro atoms. The lowest BCUT2D eigenvalue weighted by atomic mass is 9.99. The van der Waals surface area contributed by atoms with Gasteiger partial charge in [0.05, 0.1) is 0 Å². The molecule has 0 radical (unpaired) electrons. The number of aromatic amines is 1. The van der Waals surface area contributed by atoms with Gasteiger partial charge in [-0.25, -0.2) is 0 Å². The third kappa shape index (κ3) is 1.97. The highest BCUT2D eigenvalue weighted by molar-refractivity contribution is 5.67. The second-order valence-corrected chi connectivity index (χ2v) is 3.93. The number of fused-ring (bicyclic) bond motifs is 1. The summed E-state index contributed by atoms with van der Waals surface area (Å²) >= 11 is 0. The molecule has 0 fully saturated rings. The number of nitrogens with one attached hydrogen (secondary N) is 1. The van der Waals surface area contributed by atoms with E-state index >= 15 is 0 Å². The van der Waals surface area contributed by atoms with Gasteiger partial charge in [0.15, 0.2) is 0 Å². The zero-order chi connectivity index (χ0) is 11.4. The minimum atomic E-state index is 1.06. The number of hydrogen-bond acceptors (Lipinski definition) is 0. The van der Waals surface area contributed by atoms with E-state index in [4.69, 9.17) is 0 Å². The molecular weight excluding hydrogens is 194 g/mol. The maximum absolute atomic E-state index is 3.51. The molecule has 0 aliphatic heterocycles. The highest BCUT2D eigenvalue weighted by Gasteiger charge is 2.13. The van der Waals surface area contributed by atoms with Crippen LogP contribution in [0.25, 0.3) is 12.2 Å². The Labute approximate surface area is 97.3 Å². The Morgan fingerprint density at radius 2 is 2.38 bits per heavy atom. The topological polar surface area (TPSA) is 15.8 Å². The normalized spacial score (nSPS) is 13.6. The second kappa shape index (κ2) is 4.90. The lowest BCUT2D eigenvalue weighted by molar-refractivity contribution is 0.943. The summed E-state index contributed by atoms with van der Waals surface area (Å²) in [5.74, 6) is 5.83. The van der Waals surface area contributed by atoms with Crippen molar-refractivity contribution in [3.8, 4) is 11.8 Å². The van der Waals surface area contributed by atoms with Crippen LogP contribution in [0.1, 0.15) is 42.8 Å². The first-order valence-corrected chi connectivity index (χ1v) is 5.86. The van der Waals surface area contributed by atoms with Crippen LogP contribution in [0.2, 0.25) is 0 Å². The molecule has 1 aliphatic rings. The number of allylic oxidation sites excluding steroid dienone is 2. The number of aryl methyl sites for hydroxylation is 1. The summed E-state index contributed by atoms with van der Waals surface area (Å²) in [4.78, 5) is 3.51. The van der Waals surface area contributed by atoms with Gasteiger partial charge in [0, 0.05) is 11.4 Å². The van der Waals surface area contributed by atoms with Crippen LogP contribution in [-0.2, 0) is 12.8 Å². The van der Waals surface area contributed by atoms with Gasteiger partial charge in [-0.15, -0.1) is 5.92 Å². The first-order valence-electron chi connectivity index (χ1n) is 5.86. The fourth-order valence-electron chi connectivity index (χ4n) is 2.19. The van der Waals surface area contributed by atoms with Gasteiger partial charge in [0.2, 0.25) is 0 Å². The molecular formula is C15H17N. The van der Waals surface area contributed by atoms with Crippen LogP contribution in [0.5, 0.6) is 0 Å². The molecule has 0 amide bonds. The molecule has 1 aromatic rings. The first-order chi connectivity index (χ1) is 7.86. The summed E-state index contributed by atoms with van der Waals surface area (Å²) in [5.41, 5.74) is 5.42. The van der Waals surface area contributed by atoms with E-state index < -0.39 is 0 Å². The Hall–Kier alpha value is -1.68. The molecule has 1 heteroatoms. The molecule has 82 valence electrons. The SMILES string of the molecule is CC#C/C=C\c1[nH]c2c(c1CC)C=CCC2. The quantitative estimate of drug-likeness (QED) is 0.720. The number of hydrogen-bond donors (Lipinski definition) is 1. The van der Waals surface area contributed by atoms with Crippen molar-refractivity contribution in [1.29, 1.82) is 0 Å². The van der Waals surface area contributed by atoms with Crippen molar-refractivity contribution in [2.45, 2.75) is 33.1 Å². The molecule has 1 nitrogen and oxygen atoms in total. The van der Waals surface area contributed by atoms with E-state index in [1.807, 2.05) is 13.0 Å². The van der Waals surface area contributed by atoms with Crippen LogP contribution in [-0.4, -0.2) is 4.98 Å². The smallest absolute Gasteiger partial charge is 0.0427 e. The summed E-state index contributed by atoms with van der Waals surface area (Å²) in [6, 6.07) is 0. The average molecular weight is 211 g/mol. The lowest BCUT2D eigenvalue weighted by Gasteiger charge is -2.05. The highest BCUT2D eigenvalue weighted by atomic mass is 14.7. The zero-order valence-electron chi connectivity index (χ0n) is 9.93. The largest absolute Gasteiger partial charge is 0.358 e. The van der Waals surface area contributed by atoms with Gasteiger partial charge in [-0.05, 0) is 49.5 Å². The lowest BCUT2D eigenvalue weighted by Crippen LogP contribution is -1.92. The molecule has 0 saturated heterocycles. The Morgan fingerprint density at radius 3 is 3.12 bits per heavy atom. The Bertz CT molecular complexity index is 489. The molecule has 1 aliphatic carbocycles. The van der Waals surface area contributed by atoms with Crippen molar-refractivity contribution in [3.05, 3.63) is 34.7 Å². The first kappa shape index (κ1) is 10.8. The van der Waals surface area contributed by atoms with Crippen molar-refractivity contribution < 1.29 is 0 Å². The standard InChI is InChI=1S/C15H17N/c1-3-5-6-10-14-12(4-2)13-9-7-8-11-15(13)16-14/h6-7,9-10,16H,4,8,11H2,1-2H3/b10-6-. The van der Waals surface area contributed by atoms with E-state index in [2.05, 4.69) is 42.0 Å². The van der Waals surface area contributed by atoms with Crippen LogP contribution in [0.15, 0.2) is 12.2 Å². The van der Waals surface area contributed by atoms with E-state index in [0.29, 0.717) is 0 Å². The average Bonchev–Trinajstić information content (AvgIpc) is 2.67. The highest BCUT2D eigenvalue weighted by Crippen LogP contribution is 2.26. The van der Waals surface area contributed by atoms with Crippen LogP contribution in [0.3, 0.4) is 0 Å². The summed E-state index contributed by atoms with van der Waals surface area (Å²) in [7, 11) is 0. The van der Waals surface area contributed by atoms with E-state index in [1.54, 1.807) is 0 Å². The van der Waals surface area contributed by atoms with E-state index in [-0.39, 0.29) is 0 Å². The molecule has 0 bridgehead atoms. The van der Waals surface area contributed by atoms with E-state index in [9.17, 15) is 0 Å². The molecule has 0 saturated carbocycles. The van der Waals surface area contributed by atoms with Gasteiger partial charge >= 0.3 is 0 Å². The summed E-state index contributed by atoms with van der Waals surface area (Å²) in [5, 5.41) is 0. The third-order valence-electron chi connectivity index (χ3n) is 2.94. The van der Waals surface area contributed by atoms with E-state index in [0.717, 1.165) is 19.3 Å². The Kier molecular flexibility index (Phi) is 3.31. The number of H-pyrrole nitrogens is 1. The molecule has 0 atom stereocenters. The minimum absolute atomic E-state index is 1.06. The minimum Gasteiger partial charge on any atom is -0.358 e. The van der Waals surface area contributed by atoms with Crippen molar-refractivity contribution in [3.63, 3.8) is 0 Å². The Balaban J connectivity index is 2.41. The molecule has 0 unspecified atom stereocenters. The zero-order valence-corrected chi connectivity index (χ0v) is 9.93. The van der Waals surface area contributed by atoms with Crippen molar-refractivity contribution >= 4 is 12.2 Å². The van der Waals surface area contributed by atoms with Gasteiger partial charge < -0.3 is 4.98 Å². The number of aromatic nitrogens is 1. The summed E-state index contributed by atoms with van der Waals surface area (Å²) in [6.07, 6.45) is 11.9. The van der Waals surface area contributed by atoms with Crippen LogP contribution in [0.4, 0.5) is 0 Å². The second-order valence-electron chi connectivity index (χ2n) is 3.93. The summed E-state index contributed by atoms with van der Waals surface area (Å²) in [6.45, 7) is 4.06. The van der Waals surface area contributed by atoms with Gasteiger partial charge in [0.25, 0.3) is 0 Å². The van der Waals surface area contributed by atoms with Gasteiger partial charge in [-0.2, -0.15) is 0 Å². The van der Waals surface area contributed by atoms with Crippen LogP contribution >= 0.6 is 0 Å². The van der Waals surface area contributed by atoms with E-state index in [1.165, 1.54) is 22.5 Å². The monoisotopic (exact) mass is 211 g/mol. The van der Waals surface area contributed by atoms with Gasteiger partial charge in [0.1, 0.15) is 0 Å². The molecule has 1 N–H and O–H groups in total. The fourth-order valence-corrected chi connectivity index (χ4v) is 2.19. The molecule has 16 heavy (non-hydrogen) atoms. The van der Waals surface area contributed by atoms with Crippen LogP contribution < -0.4 is 0 Å². The van der Waals surface area contributed by atoms with Gasteiger partial charge in [-0.3, -0.25) is 0 Å². The van der Waals surface area contributed by atoms with Crippen molar-refractivity contribution in [2.75, 3.05) is 0 Å². The Morgan fingerprint density at radius 1 is 1.50 bits per heavy atom. The summed E-state index contributed by atoms with van der Waals surface area (Å²) < 4.78 is 0. The van der Waals surface area contributed by atoms with Crippen molar-refractivity contribution in [1.82, 2.24) is 4.98 Å². The van der Waals surface area contributed by atoms with Crippen LogP contribution in [0, 0.1) is 11.8 Å². The predicted molar refractivity (Wildman–Crippen MR) is 70.0 cm³/mol. The van der Waals surface area contributed by atoms with Crippen molar-refractivity contribution in [2.24, 2.45) is 0 Å².